The van der Waals surface area contributed by atoms with E-state index in [4.69, 9.17) is 11.6 Å². The van der Waals surface area contributed by atoms with E-state index in [-0.39, 0.29) is 11.5 Å². The third-order valence-electron chi connectivity index (χ3n) is 4.32. The molecule has 0 aliphatic heterocycles. The Morgan fingerprint density at radius 2 is 2.13 bits per heavy atom. The van der Waals surface area contributed by atoms with Gasteiger partial charge in [0.2, 0.25) is 0 Å². The molecule has 1 aliphatic rings. The lowest BCUT2D eigenvalue weighted by Crippen LogP contribution is -2.35. The summed E-state index contributed by atoms with van der Waals surface area (Å²) >= 11 is 6.06. The first-order valence-corrected chi connectivity index (χ1v) is 8.37. The fourth-order valence-electron chi connectivity index (χ4n) is 2.82. The van der Waals surface area contributed by atoms with Gasteiger partial charge in [-0.3, -0.25) is 4.79 Å². The molecule has 2 atom stereocenters. The zero-order valence-corrected chi connectivity index (χ0v) is 14.1. The molecule has 23 heavy (non-hydrogen) atoms. The first-order chi connectivity index (χ1) is 11.1. The lowest BCUT2D eigenvalue weighted by atomic mass is 9.86. The summed E-state index contributed by atoms with van der Waals surface area (Å²) in [6, 6.07) is 9.62. The minimum absolute atomic E-state index is 0.0924. The lowest BCUT2D eigenvalue weighted by Gasteiger charge is -2.29. The van der Waals surface area contributed by atoms with E-state index in [0.29, 0.717) is 23.5 Å². The number of hydrogen-bond acceptors (Lipinski definition) is 3. The molecule has 1 amide bonds. The van der Waals surface area contributed by atoms with Crippen LogP contribution in [0.5, 0.6) is 0 Å². The molecule has 2 N–H and O–H groups in total. The Kier molecular flexibility index (Phi) is 6.49. The molecule has 2 unspecified atom stereocenters. The molecule has 1 fully saturated rings. The van der Waals surface area contributed by atoms with Crippen LogP contribution >= 0.6 is 11.6 Å². The number of carbonyl (C=O) groups excluding carboxylic acids is 1. The van der Waals surface area contributed by atoms with Gasteiger partial charge < -0.3 is 10.6 Å². The van der Waals surface area contributed by atoms with Gasteiger partial charge in [0, 0.05) is 23.8 Å². The quantitative estimate of drug-likeness (QED) is 0.640. The molecule has 5 heteroatoms. The SMILES string of the molecule is CC1CCCCC1N/C=C(/C#N)C(=O)NCc1ccccc1Cl. The van der Waals surface area contributed by atoms with Crippen molar-refractivity contribution in [2.45, 2.75) is 45.2 Å². The molecule has 4 nitrogen and oxygen atoms in total. The van der Waals surface area contributed by atoms with Gasteiger partial charge in [-0.1, -0.05) is 49.6 Å². The average Bonchev–Trinajstić information content (AvgIpc) is 2.56. The van der Waals surface area contributed by atoms with Crippen LogP contribution in [0, 0.1) is 17.2 Å². The van der Waals surface area contributed by atoms with Gasteiger partial charge >= 0.3 is 0 Å². The van der Waals surface area contributed by atoms with Gasteiger partial charge in [-0.05, 0) is 30.4 Å². The molecule has 1 aromatic carbocycles. The van der Waals surface area contributed by atoms with Crippen molar-refractivity contribution in [3.05, 3.63) is 46.6 Å². The Morgan fingerprint density at radius 3 is 2.83 bits per heavy atom. The number of halogens is 1. The summed E-state index contributed by atoms with van der Waals surface area (Å²) in [4.78, 5) is 12.1. The number of hydrogen-bond donors (Lipinski definition) is 2. The van der Waals surface area contributed by atoms with E-state index >= 15 is 0 Å². The molecular weight excluding hydrogens is 310 g/mol. The van der Waals surface area contributed by atoms with Crippen LogP contribution in [0.1, 0.15) is 38.2 Å². The maximum absolute atomic E-state index is 12.1. The predicted molar refractivity (Wildman–Crippen MR) is 91.6 cm³/mol. The fourth-order valence-corrected chi connectivity index (χ4v) is 3.02. The van der Waals surface area contributed by atoms with Crippen molar-refractivity contribution in [2.24, 2.45) is 5.92 Å². The van der Waals surface area contributed by atoms with E-state index in [1.165, 1.54) is 19.3 Å². The van der Waals surface area contributed by atoms with Crippen LogP contribution in [0.2, 0.25) is 5.02 Å². The summed E-state index contributed by atoms with van der Waals surface area (Å²) in [5.74, 6) is 0.175. The molecule has 1 aromatic rings. The third-order valence-corrected chi connectivity index (χ3v) is 4.68. The Balaban J connectivity index is 1.91. The Bertz CT molecular complexity index is 621. The Morgan fingerprint density at radius 1 is 1.39 bits per heavy atom. The van der Waals surface area contributed by atoms with Crippen molar-refractivity contribution < 1.29 is 4.79 Å². The van der Waals surface area contributed by atoms with E-state index in [1.807, 2.05) is 24.3 Å². The van der Waals surface area contributed by atoms with Crippen LogP contribution in [0.25, 0.3) is 0 Å². The number of amides is 1. The first-order valence-electron chi connectivity index (χ1n) is 7.99. The van der Waals surface area contributed by atoms with E-state index in [2.05, 4.69) is 17.6 Å². The number of benzene rings is 1. The molecule has 1 aliphatic carbocycles. The van der Waals surface area contributed by atoms with Gasteiger partial charge in [0.25, 0.3) is 5.91 Å². The van der Waals surface area contributed by atoms with Crippen molar-refractivity contribution >= 4 is 17.5 Å². The molecular formula is C18H22ClN3O. The predicted octanol–water partition coefficient (Wildman–Crippen LogP) is 3.53. The third kappa shape index (κ3) is 5.01. The average molecular weight is 332 g/mol. The number of carbonyl (C=O) groups is 1. The lowest BCUT2D eigenvalue weighted by molar-refractivity contribution is -0.117. The Hall–Kier alpha value is -1.99. The highest BCUT2D eigenvalue weighted by atomic mass is 35.5. The standard InChI is InChI=1S/C18H22ClN3O/c1-13-6-2-5-9-17(13)21-12-15(10-20)18(23)22-11-14-7-3-4-8-16(14)19/h3-4,7-8,12-13,17,21H,2,5-6,9,11H2,1H3,(H,22,23)/b15-12-. The van der Waals surface area contributed by atoms with Gasteiger partial charge in [0.15, 0.2) is 0 Å². The van der Waals surface area contributed by atoms with E-state index in [1.54, 1.807) is 12.3 Å². The molecule has 0 saturated heterocycles. The van der Waals surface area contributed by atoms with Gasteiger partial charge in [0.1, 0.15) is 11.6 Å². The molecule has 0 spiro atoms. The van der Waals surface area contributed by atoms with Crippen LogP contribution in [0.3, 0.4) is 0 Å². The molecule has 0 aromatic heterocycles. The number of nitriles is 1. The second-order valence-corrected chi connectivity index (χ2v) is 6.39. The van der Waals surface area contributed by atoms with Crippen LogP contribution in [-0.2, 0) is 11.3 Å². The molecule has 0 bridgehead atoms. The van der Waals surface area contributed by atoms with Crippen LogP contribution in [0.15, 0.2) is 36.0 Å². The van der Waals surface area contributed by atoms with E-state index in [0.717, 1.165) is 12.0 Å². The number of nitrogens with zero attached hydrogens (tertiary/aromatic N) is 1. The van der Waals surface area contributed by atoms with Crippen LogP contribution in [0.4, 0.5) is 0 Å². The normalized spacial score (nSPS) is 21.3. The summed E-state index contributed by atoms with van der Waals surface area (Å²) in [6.45, 7) is 2.51. The largest absolute Gasteiger partial charge is 0.387 e. The summed E-state index contributed by atoms with van der Waals surface area (Å²) in [6.07, 6.45) is 6.26. The highest BCUT2D eigenvalue weighted by Gasteiger charge is 2.20. The Labute approximate surface area is 142 Å². The van der Waals surface area contributed by atoms with Crippen LogP contribution < -0.4 is 10.6 Å². The molecule has 1 saturated carbocycles. The molecule has 0 heterocycles. The smallest absolute Gasteiger partial charge is 0.263 e. The van der Waals surface area contributed by atoms with Crippen molar-refractivity contribution in [1.82, 2.24) is 10.6 Å². The van der Waals surface area contributed by atoms with Gasteiger partial charge in [-0.15, -0.1) is 0 Å². The number of rotatable bonds is 5. The second-order valence-electron chi connectivity index (χ2n) is 5.98. The molecule has 122 valence electrons. The summed E-state index contributed by atoms with van der Waals surface area (Å²) in [5, 5.41) is 15.8. The maximum Gasteiger partial charge on any atom is 0.263 e. The van der Waals surface area contributed by atoms with Crippen molar-refractivity contribution in [3.8, 4) is 6.07 Å². The zero-order valence-electron chi connectivity index (χ0n) is 13.3. The molecule has 0 radical (unpaired) electrons. The van der Waals surface area contributed by atoms with Crippen molar-refractivity contribution in [3.63, 3.8) is 0 Å². The molecule has 2 rings (SSSR count). The van der Waals surface area contributed by atoms with Gasteiger partial charge in [-0.2, -0.15) is 5.26 Å². The van der Waals surface area contributed by atoms with Gasteiger partial charge in [0.05, 0.1) is 0 Å². The zero-order chi connectivity index (χ0) is 16.7. The monoisotopic (exact) mass is 331 g/mol. The summed E-state index contributed by atoms with van der Waals surface area (Å²) in [5.41, 5.74) is 0.920. The minimum Gasteiger partial charge on any atom is -0.387 e. The van der Waals surface area contributed by atoms with Crippen molar-refractivity contribution in [1.29, 1.82) is 5.26 Å². The van der Waals surface area contributed by atoms with E-state index < -0.39 is 0 Å². The first kappa shape index (κ1) is 17.4. The highest BCUT2D eigenvalue weighted by Crippen LogP contribution is 2.23. The number of nitrogens with one attached hydrogen (secondary N) is 2. The maximum atomic E-state index is 12.1. The minimum atomic E-state index is -0.386. The fraction of sp³-hybridized carbons (Fsp3) is 0.444. The summed E-state index contributed by atoms with van der Waals surface area (Å²) in [7, 11) is 0. The summed E-state index contributed by atoms with van der Waals surface area (Å²) < 4.78 is 0. The van der Waals surface area contributed by atoms with Gasteiger partial charge in [-0.25, -0.2) is 0 Å². The second kappa shape index (κ2) is 8.59. The van der Waals surface area contributed by atoms with Crippen LogP contribution in [-0.4, -0.2) is 11.9 Å². The van der Waals surface area contributed by atoms with E-state index in [9.17, 15) is 10.1 Å². The van der Waals surface area contributed by atoms with Crippen molar-refractivity contribution in [2.75, 3.05) is 0 Å². The highest BCUT2D eigenvalue weighted by molar-refractivity contribution is 6.31. The topological polar surface area (TPSA) is 64.9 Å².